The van der Waals surface area contributed by atoms with Gasteiger partial charge in [-0.25, -0.2) is 4.98 Å². The summed E-state index contributed by atoms with van der Waals surface area (Å²) < 4.78 is 12.6. The molecule has 0 bridgehead atoms. The fourth-order valence-corrected chi connectivity index (χ4v) is 3.73. The molecule has 0 unspecified atom stereocenters. The number of anilines is 1. The van der Waals surface area contributed by atoms with Crippen LogP contribution in [0, 0.1) is 20.8 Å². The van der Waals surface area contributed by atoms with Crippen LogP contribution in [0.5, 0.6) is 11.5 Å². The summed E-state index contributed by atoms with van der Waals surface area (Å²) in [5.41, 5.74) is 7.38. The van der Waals surface area contributed by atoms with Gasteiger partial charge < -0.3 is 14.8 Å². The van der Waals surface area contributed by atoms with E-state index in [1.807, 2.05) is 29.6 Å². The van der Waals surface area contributed by atoms with Gasteiger partial charge in [0.25, 0.3) is 0 Å². The number of aryl methyl sites for hydroxylation is 3. The minimum atomic E-state index is 0.737. The average Bonchev–Trinajstić information content (AvgIpc) is 3.10. The van der Waals surface area contributed by atoms with Crippen LogP contribution in [0.4, 0.5) is 5.82 Å². The van der Waals surface area contributed by atoms with Crippen molar-refractivity contribution in [1.82, 2.24) is 14.6 Å². The maximum absolute atomic E-state index is 5.41. The summed E-state index contributed by atoms with van der Waals surface area (Å²) >= 11 is 0. The molecule has 0 aliphatic carbocycles. The van der Waals surface area contributed by atoms with Crippen molar-refractivity contribution in [3.8, 4) is 22.8 Å². The van der Waals surface area contributed by atoms with Crippen LogP contribution in [0.1, 0.15) is 22.4 Å². The van der Waals surface area contributed by atoms with E-state index in [1.54, 1.807) is 14.2 Å². The summed E-state index contributed by atoms with van der Waals surface area (Å²) in [5.74, 6) is 2.42. The van der Waals surface area contributed by atoms with Crippen LogP contribution in [-0.2, 0) is 6.42 Å². The van der Waals surface area contributed by atoms with E-state index >= 15 is 0 Å². The molecule has 2 heterocycles. The second kappa shape index (κ2) is 8.68. The Bertz CT molecular complexity index is 1210. The minimum Gasteiger partial charge on any atom is -0.493 e. The molecule has 0 spiro atoms. The molecule has 2 aromatic carbocycles. The van der Waals surface area contributed by atoms with Crippen LogP contribution in [0.25, 0.3) is 16.9 Å². The molecule has 0 saturated carbocycles. The Morgan fingerprint density at radius 1 is 0.903 bits per heavy atom. The van der Waals surface area contributed by atoms with Gasteiger partial charge in [-0.1, -0.05) is 35.9 Å². The van der Waals surface area contributed by atoms with E-state index in [-0.39, 0.29) is 0 Å². The van der Waals surface area contributed by atoms with E-state index in [9.17, 15) is 0 Å². The molecule has 4 aromatic rings. The van der Waals surface area contributed by atoms with E-state index in [0.717, 1.165) is 58.4 Å². The first-order valence-corrected chi connectivity index (χ1v) is 10.4. The topological polar surface area (TPSA) is 60.7 Å². The number of rotatable bonds is 7. The SMILES string of the molecule is COc1ccc(CCNc2cc(C)nc3c(C)c(-c4ccc(C)cc4)nn23)cc1OC. The maximum atomic E-state index is 5.41. The molecule has 2 aromatic heterocycles. The van der Waals surface area contributed by atoms with Gasteiger partial charge in [-0.3, -0.25) is 0 Å². The van der Waals surface area contributed by atoms with Crippen LogP contribution in [0.3, 0.4) is 0 Å². The minimum absolute atomic E-state index is 0.737. The summed E-state index contributed by atoms with van der Waals surface area (Å²) in [5, 5.41) is 8.42. The van der Waals surface area contributed by atoms with Crippen molar-refractivity contribution in [2.45, 2.75) is 27.2 Å². The van der Waals surface area contributed by atoms with Crippen molar-refractivity contribution in [2.24, 2.45) is 0 Å². The number of hydrogen-bond acceptors (Lipinski definition) is 5. The van der Waals surface area contributed by atoms with Crippen molar-refractivity contribution in [3.05, 3.63) is 70.9 Å². The van der Waals surface area contributed by atoms with Crippen LogP contribution in [0.2, 0.25) is 0 Å². The molecular formula is C25H28N4O2. The predicted molar refractivity (Wildman–Crippen MR) is 124 cm³/mol. The fourth-order valence-electron chi connectivity index (χ4n) is 3.73. The molecule has 0 fully saturated rings. The Hall–Kier alpha value is -3.54. The average molecular weight is 417 g/mol. The predicted octanol–water partition coefficient (Wildman–Crippen LogP) is 4.99. The number of benzene rings is 2. The first kappa shape index (κ1) is 20.7. The van der Waals surface area contributed by atoms with Crippen molar-refractivity contribution in [2.75, 3.05) is 26.1 Å². The molecule has 31 heavy (non-hydrogen) atoms. The molecule has 6 nitrogen and oxygen atoms in total. The maximum Gasteiger partial charge on any atom is 0.161 e. The van der Waals surface area contributed by atoms with Crippen molar-refractivity contribution < 1.29 is 9.47 Å². The molecule has 4 rings (SSSR count). The lowest BCUT2D eigenvalue weighted by Crippen LogP contribution is -2.10. The molecule has 0 aliphatic rings. The molecule has 160 valence electrons. The van der Waals surface area contributed by atoms with Crippen molar-refractivity contribution >= 4 is 11.5 Å². The summed E-state index contributed by atoms with van der Waals surface area (Å²) in [6.07, 6.45) is 0.842. The molecule has 0 atom stereocenters. The lowest BCUT2D eigenvalue weighted by atomic mass is 10.1. The number of methoxy groups -OCH3 is 2. The first-order chi connectivity index (χ1) is 15.0. The van der Waals surface area contributed by atoms with Crippen LogP contribution >= 0.6 is 0 Å². The van der Waals surface area contributed by atoms with Crippen molar-refractivity contribution in [3.63, 3.8) is 0 Å². The monoisotopic (exact) mass is 416 g/mol. The zero-order valence-electron chi connectivity index (χ0n) is 18.7. The Balaban J connectivity index is 1.59. The number of fused-ring (bicyclic) bond motifs is 1. The number of aromatic nitrogens is 3. The highest BCUT2D eigenvalue weighted by molar-refractivity contribution is 5.71. The Labute approximate surface area is 182 Å². The molecule has 0 radical (unpaired) electrons. The quantitative estimate of drug-likeness (QED) is 0.460. The molecule has 0 aliphatic heterocycles. The van der Waals surface area contributed by atoms with Gasteiger partial charge in [-0.15, -0.1) is 0 Å². The van der Waals surface area contributed by atoms with E-state index in [1.165, 1.54) is 11.1 Å². The number of ether oxygens (including phenoxy) is 2. The summed E-state index contributed by atoms with van der Waals surface area (Å²) in [7, 11) is 3.30. The molecule has 0 amide bonds. The molecule has 0 saturated heterocycles. The molecular weight excluding hydrogens is 388 g/mol. The standard InChI is InChI=1S/C25H28N4O2/c1-16-6-9-20(10-7-16)24-18(3)25-27-17(2)14-23(29(25)28-24)26-13-12-19-8-11-21(30-4)22(15-19)31-5/h6-11,14-15,26H,12-13H2,1-5H3. The third kappa shape index (κ3) is 4.19. The van der Waals surface area contributed by atoms with Gasteiger partial charge in [0.15, 0.2) is 17.1 Å². The molecule has 6 heteroatoms. The van der Waals surface area contributed by atoms with Gasteiger partial charge >= 0.3 is 0 Å². The van der Waals surface area contributed by atoms with Gasteiger partial charge in [0, 0.05) is 29.4 Å². The molecule has 1 N–H and O–H groups in total. The first-order valence-electron chi connectivity index (χ1n) is 10.4. The summed E-state index contributed by atoms with van der Waals surface area (Å²) in [4.78, 5) is 4.74. The van der Waals surface area contributed by atoms with Gasteiger partial charge in [-0.05, 0) is 44.9 Å². The largest absolute Gasteiger partial charge is 0.493 e. The van der Waals surface area contributed by atoms with Gasteiger partial charge in [0.2, 0.25) is 0 Å². The van der Waals surface area contributed by atoms with Crippen LogP contribution in [0.15, 0.2) is 48.5 Å². The van der Waals surface area contributed by atoms with Crippen molar-refractivity contribution in [1.29, 1.82) is 0 Å². The van der Waals surface area contributed by atoms with Gasteiger partial charge in [-0.2, -0.15) is 9.61 Å². The zero-order chi connectivity index (χ0) is 22.0. The highest BCUT2D eigenvalue weighted by atomic mass is 16.5. The normalized spacial score (nSPS) is 11.0. The number of hydrogen-bond donors (Lipinski definition) is 1. The summed E-state index contributed by atoms with van der Waals surface area (Å²) in [6, 6.07) is 16.5. The van der Waals surface area contributed by atoms with Gasteiger partial charge in [0.1, 0.15) is 5.82 Å². The lowest BCUT2D eigenvalue weighted by molar-refractivity contribution is 0.354. The smallest absolute Gasteiger partial charge is 0.161 e. The lowest BCUT2D eigenvalue weighted by Gasteiger charge is -2.11. The van der Waals surface area contributed by atoms with E-state index in [2.05, 4.69) is 49.5 Å². The third-order valence-electron chi connectivity index (χ3n) is 5.44. The third-order valence-corrected chi connectivity index (χ3v) is 5.44. The fraction of sp³-hybridized carbons (Fsp3) is 0.280. The zero-order valence-corrected chi connectivity index (χ0v) is 18.7. The number of nitrogens with one attached hydrogen (secondary N) is 1. The Kier molecular flexibility index (Phi) is 5.80. The highest BCUT2D eigenvalue weighted by Crippen LogP contribution is 2.29. The summed E-state index contributed by atoms with van der Waals surface area (Å²) in [6.45, 7) is 6.94. The second-order valence-corrected chi connectivity index (χ2v) is 7.72. The van der Waals surface area contributed by atoms with Gasteiger partial charge in [0.05, 0.1) is 19.9 Å². The highest BCUT2D eigenvalue weighted by Gasteiger charge is 2.15. The second-order valence-electron chi connectivity index (χ2n) is 7.72. The Morgan fingerprint density at radius 3 is 2.35 bits per heavy atom. The number of nitrogens with zero attached hydrogens (tertiary/aromatic N) is 3. The van der Waals surface area contributed by atoms with Crippen LogP contribution < -0.4 is 14.8 Å². The van der Waals surface area contributed by atoms with E-state index < -0.39 is 0 Å². The van der Waals surface area contributed by atoms with E-state index in [0.29, 0.717) is 0 Å². The van der Waals surface area contributed by atoms with E-state index in [4.69, 9.17) is 19.6 Å². The Morgan fingerprint density at radius 2 is 1.65 bits per heavy atom. The van der Waals surface area contributed by atoms with Crippen LogP contribution in [-0.4, -0.2) is 35.4 Å².